The van der Waals surface area contributed by atoms with Crippen LogP contribution in [0.15, 0.2) is 36.4 Å². The van der Waals surface area contributed by atoms with Gasteiger partial charge in [-0.25, -0.2) is 4.79 Å². The summed E-state index contributed by atoms with van der Waals surface area (Å²) in [4.78, 5) is 10.8. The molecule has 1 N–H and O–H groups in total. The van der Waals surface area contributed by atoms with Crippen LogP contribution in [-0.2, 0) is 0 Å². The van der Waals surface area contributed by atoms with E-state index in [0.29, 0.717) is 5.39 Å². The Balaban J connectivity index is 2.64. The topological polar surface area (TPSA) is 46.5 Å². The van der Waals surface area contributed by atoms with E-state index in [9.17, 15) is 18.0 Å². The highest BCUT2D eigenvalue weighted by Crippen LogP contribution is 2.31. The fraction of sp³-hybridized carbons (Fsp3) is 0.0833. The number of benzene rings is 2. The second-order valence-corrected chi connectivity index (χ2v) is 3.55. The average Bonchev–Trinajstić information content (AvgIpc) is 2.26. The molecule has 0 saturated carbocycles. The molecular weight excluding hydrogens is 249 g/mol. The molecule has 0 fully saturated rings. The van der Waals surface area contributed by atoms with Gasteiger partial charge in [0.1, 0.15) is 5.75 Å². The summed E-state index contributed by atoms with van der Waals surface area (Å²) < 4.78 is 40.5. The van der Waals surface area contributed by atoms with Crippen molar-refractivity contribution in [3.8, 4) is 5.75 Å². The summed E-state index contributed by atoms with van der Waals surface area (Å²) in [6.07, 6.45) is -4.86. The van der Waals surface area contributed by atoms with Gasteiger partial charge in [0, 0.05) is 5.39 Å². The normalized spacial score (nSPS) is 11.5. The van der Waals surface area contributed by atoms with Crippen LogP contribution < -0.4 is 4.74 Å². The van der Waals surface area contributed by atoms with Crippen molar-refractivity contribution in [3.05, 3.63) is 42.0 Å². The van der Waals surface area contributed by atoms with E-state index >= 15 is 0 Å². The van der Waals surface area contributed by atoms with Gasteiger partial charge in [-0.15, -0.1) is 13.2 Å². The van der Waals surface area contributed by atoms with Gasteiger partial charge >= 0.3 is 12.3 Å². The second kappa shape index (κ2) is 4.21. The minimum Gasteiger partial charge on any atom is -0.478 e. The van der Waals surface area contributed by atoms with E-state index in [1.54, 1.807) is 12.1 Å². The monoisotopic (exact) mass is 256 g/mol. The Morgan fingerprint density at radius 1 is 1.17 bits per heavy atom. The van der Waals surface area contributed by atoms with Gasteiger partial charge in [-0.3, -0.25) is 0 Å². The molecule has 0 unspecified atom stereocenters. The number of fused-ring (bicyclic) bond motifs is 1. The van der Waals surface area contributed by atoms with E-state index in [2.05, 4.69) is 4.74 Å². The first-order valence-corrected chi connectivity index (χ1v) is 4.88. The van der Waals surface area contributed by atoms with E-state index in [1.807, 2.05) is 0 Å². The van der Waals surface area contributed by atoms with Crippen molar-refractivity contribution in [3.63, 3.8) is 0 Å². The van der Waals surface area contributed by atoms with Gasteiger partial charge in [0.15, 0.2) is 0 Å². The SMILES string of the molecule is O=C(O)c1cc(OC(F)(F)F)c2ccccc2c1. The quantitative estimate of drug-likeness (QED) is 0.895. The lowest BCUT2D eigenvalue weighted by atomic mass is 10.1. The lowest BCUT2D eigenvalue weighted by Gasteiger charge is -2.12. The highest BCUT2D eigenvalue weighted by molar-refractivity contribution is 5.97. The molecule has 2 rings (SSSR count). The first kappa shape index (κ1) is 12.2. The lowest BCUT2D eigenvalue weighted by molar-refractivity contribution is -0.274. The highest BCUT2D eigenvalue weighted by Gasteiger charge is 2.32. The molecule has 0 bridgehead atoms. The largest absolute Gasteiger partial charge is 0.573 e. The van der Waals surface area contributed by atoms with Gasteiger partial charge in [-0.05, 0) is 17.5 Å². The van der Waals surface area contributed by atoms with E-state index in [4.69, 9.17) is 5.11 Å². The predicted octanol–water partition coefficient (Wildman–Crippen LogP) is 3.44. The number of hydrogen-bond acceptors (Lipinski definition) is 2. The molecule has 2 aromatic rings. The number of alkyl halides is 3. The van der Waals surface area contributed by atoms with E-state index < -0.39 is 18.1 Å². The smallest absolute Gasteiger partial charge is 0.478 e. The van der Waals surface area contributed by atoms with Gasteiger partial charge in [0.2, 0.25) is 0 Å². The summed E-state index contributed by atoms with van der Waals surface area (Å²) in [7, 11) is 0. The van der Waals surface area contributed by atoms with Gasteiger partial charge in [0.25, 0.3) is 0 Å². The molecule has 0 saturated heterocycles. The third-order valence-corrected chi connectivity index (χ3v) is 2.30. The lowest BCUT2D eigenvalue weighted by Crippen LogP contribution is -2.17. The molecule has 0 amide bonds. The van der Waals surface area contributed by atoms with Gasteiger partial charge < -0.3 is 9.84 Å². The third kappa shape index (κ3) is 2.53. The molecular formula is C12H7F3O3. The number of ether oxygens (including phenoxy) is 1. The van der Waals surface area contributed by atoms with Gasteiger partial charge in [-0.2, -0.15) is 0 Å². The molecule has 0 radical (unpaired) electrons. The molecule has 0 atom stereocenters. The van der Waals surface area contributed by atoms with Crippen LogP contribution in [0.1, 0.15) is 10.4 Å². The molecule has 0 heterocycles. The van der Waals surface area contributed by atoms with Gasteiger partial charge in [-0.1, -0.05) is 24.3 Å². The van der Waals surface area contributed by atoms with Crippen LogP contribution in [0.3, 0.4) is 0 Å². The van der Waals surface area contributed by atoms with Gasteiger partial charge in [0.05, 0.1) is 5.56 Å². The predicted molar refractivity (Wildman–Crippen MR) is 57.6 cm³/mol. The summed E-state index contributed by atoms with van der Waals surface area (Å²) in [5.74, 6) is -1.83. The number of aromatic carboxylic acids is 1. The summed E-state index contributed by atoms with van der Waals surface area (Å²) in [5, 5.41) is 9.41. The summed E-state index contributed by atoms with van der Waals surface area (Å²) >= 11 is 0. The third-order valence-electron chi connectivity index (χ3n) is 2.30. The van der Waals surface area contributed by atoms with Crippen LogP contribution in [0.5, 0.6) is 5.75 Å². The minimum absolute atomic E-state index is 0.208. The van der Waals surface area contributed by atoms with E-state index in [-0.39, 0.29) is 10.9 Å². The first-order valence-electron chi connectivity index (χ1n) is 4.88. The van der Waals surface area contributed by atoms with Crippen molar-refractivity contribution in [2.45, 2.75) is 6.36 Å². The maximum Gasteiger partial charge on any atom is 0.573 e. The van der Waals surface area contributed by atoms with Crippen LogP contribution >= 0.6 is 0 Å². The zero-order valence-electron chi connectivity index (χ0n) is 8.86. The van der Waals surface area contributed by atoms with Crippen LogP contribution in [0.25, 0.3) is 10.8 Å². The van der Waals surface area contributed by atoms with Crippen molar-refractivity contribution in [1.82, 2.24) is 0 Å². The summed E-state index contributed by atoms with van der Waals surface area (Å²) in [6, 6.07) is 8.25. The van der Waals surface area contributed by atoms with Crippen molar-refractivity contribution >= 4 is 16.7 Å². The Hall–Kier alpha value is -2.24. The molecule has 94 valence electrons. The Labute approximate surface area is 99.4 Å². The van der Waals surface area contributed by atoms with Crippen LogP contribution in [0.2, 0.25) is 0 Å². The fourth-order valence-electron chi connectivity index (χ4n) is 1.61. The van der Waals surface area contributed by atoms with Crippen LogP contribution in [0, 0.1) is 0 Å². The Bertz CT molecular complexity index is 605. The molecule has 0 spiro atoms. The number of carbonyl (C=O) groups is 1. The number of carboxylic acid groups (broad SMARTS) is 1. The van der Waals surface area contributed by atoms with Crippen LogP contribution in [0.4, 0.5) is 13.2 Å². The average molecular weight is 256 g/mol. The number of carboxylic acids is 1. The molecule has 3 nitrogen and oxygen atoms in total. The minimum atomic E-state index is -4.86. The molecule has 2 aromatic carbocycles. The number of hydrogen-bond donors (Lipinski definition) is 1. The molecule has 0 aliphatic carbocycles. The second-order valence-electron chi connectivity index (χ2n) is 3.55. The molecule has 0 aliphatic heterocycles. The van der Waals surface area contributed by atoms with Crippen molar-refractivity contribution < 1.29 is 27.8 Å². The highest BCUT2D eigenvalue weighted by atomic mass is 19.4. The zero-order valence-corrected chi connectivity index (χ0v) is 8.86. The summed E-state index contributed by atoms with van der Waals surface area (Å²) in [6.45, 7) is 0. The maximum atomic E-state index is 12.2. The Kier molecular flexibility index (Phi) is 2.86. The Morgan fingerprint density at radius 3 is 2.44 bits per heavy atom. The summed E-state index contributed by atoms with van der Waals surface area (Å²) in [5.41, 5.74) is -0.257. The maximum absolute atomic E-state index is 12.2. The molecule has 0 aliphatic rings. The van der Waals surface area contributed by atoms with Crippen molar-refractivity contribution in [2.24, 2.45) is 0 Å². The van der Waals surface area contributed by atoms with E-state index in [0.717, 1.165) is 6.07 Å². The first-order chi connectivity index (χ1) is 8.37. The van der Waals surface area contributed by atoms with Crippen molar-refractivity contribution in [2.75, 3.05) is 0 Å². The standard InChI is InChI=1S/C12H7F3O3/c13-12(14,15)18-10-6-8(11(16)17)5-7-3-1-2-4-9(7)10/h1-6H,(H,16,17). The number of rotatable bonds is 2. The molecule has 0 aromatic heterocycles. The Morgan fingerprint density at radius 2 is 1.83 bits per heavy atom. The molecule has 6 heteroatoms. The number of halogens is 3. The van der Waals surface area contributed by atoms with Crippen molar-refractivity contribution in [1.29, 1.82) is 0 Å². The fourth-order valence-corrected chi connectivity index (χ4v) is 1.61. The zero-order chi connectivity index (χ0) is 13.3. The van der Waals surface area contributed by atoms with Crippen LogP contribution in [-0.4, -0.2) is 17.4 Å². The van der Waals surface area contributed by atoms with E-state index in [1.165, 1.54) is 18.2 Å². The molecule has 18 heavy (non-hydrogen) atoms.